The Labute approximate surface area is 182 Å². The second-order valence-corrected chi connectivity index (χ2v) is 9.42. The summed E-state index contributed by atoms with van der Waals surface area (Å²) >= 11 is 0.951. The molecule has 2 aromatic rings. The summed E-state index contributed by atoms with van der Waals surface area (Å²) < 4.78 is 61.2. The van der Waals surface area contributed by atoms with E-state index < -0.39 is 40.7 Å². The topological polar surface area (TPSA) is 125 Å². The van der Waals surface area contributed by atoms with Crippen LogP contribution in [0.4, 0.5) is 14.6 Å². The van der Waals surface area contributed by atoms with Gasteiger partial charge >= 0.3 is 10.2 Å². The smallest absolute Gasteiger partial charge is 0.302 e. The van der Waals surface area contributed by atoms with E-state index in [1.807, 2.05) is 0 Å². The molecule has 1 fully saturated rings. The molecule has 170 valence electrons. The summed E-state index contributed by atoms with van der Waals surface area (Å²) in [6.45, 7) is 1.75. The van der Waals surface area contributed by atoms with Gasteiger partial charge in [0.15, 0.2) is 16.8 Å². The van der Waals surface area contributed by atoms with Crippen molar-refractivity contribution in [1.29, 1.82) is 0 Å². The number of aliphatic hydroxyl groups is 2. The van der Waals surface area contributed by atoms with Crippen LogP contribution >= 0.6 is 11.8 Å². The molecule has 2 heterocycles. The molecule has 1 aliphatic heterocycles. The first kappa shape index (κ1) is 23.6. The Morgan fingerprint density at radius 2 is 2.06 bits per heavy atom. The molecular weight excluding hydrogens is 454 g/mol. The first-order valence-corrected chi connectivity index (χ1v) is 11.8. The summed E-state index contributed by atoms with van der Waals surface area (Å²) in [5.74, 6) is -2.12. The van der Waals surface area contributed by atoms with E-state index in [9.17, 15) is 22.3 Å². The average molecular weight is 477 g/mol. The Bertz CT molecular complexity index is 1020. The van der Waals surface area contributed by atoms with Crippen molar-refractivity contribution in [1.82, 2.24) is 14.3 Å². The highest BCUT2D eigenvalue weighted by molar-refractivity contribution is 7.98. The van der Waals surface area contributed by atoms with Gasteiger partial charge in [-0.15, -0.1) is 0 Å². The molecule has 0 amide bonds. The predicted octanol–water partition coefficient (Wildman–Crippen LogP) is 1.53. The molecule has 0 radical (unpaired) electrons. The summed E-state index contributed by atoms with van der Waals surface area (Å²) in [6, 6.07) is 5.04. The third kappa shape index (κ3) is 6.01. The number of nitrogens with zero attached hydrogens (tertiary/aromatic N) is 3. The molecule has 9 nitrogen and oxygen atoms in total. The maximum Gasteiger partial charge on any atom is 0.302 e. The van der Waals surface area contributed by atoms with Gasteiger partial charge in [-0.05, 0) is 19.4 Å². The summed E-state index contributed by atoms with van der Waals surface area (Å²) in [4.78, 5) is 8.26. The van der Waals surface area contributed by atoms with Gasteiger partial charge in [0.2, 0.25) is 5.88 Å². The molecule has 0 bridgehead atoms. The summed E-state index contributed by atoms with van der Waals surface area (Å²) in [5.41, 5.74) is 0.0895. The average Bonchev–Trinajstić information content (AvgIpc) is 2.66. The summed E-state index contributed by atoms with van der Waals surface area (Å²) in [7, 11) is -3.81. The van der Waals surface area contributed by atoms with E-state index in [0.29, 0.717) is 13.1 Å². The second kappa shape index (κ2) is 10.0. The van der Waals surface area contributed by atoms with Crippen LogP contribution in [0, 0.1) is 11.6 Å². The molecule has 3 N–H and O–H groups in total. The van der Waals surface area contributed by atoms with Crippen LogP contribution < -0.4 is 9.46 Å². The van der Waals surface area contributed by atoms with Crippen molar-refractivity contribution in [3.05, 3.63) is 41.5 Å². The molecule has 0 spiro atoms. The Hall–Kier alpha value is -2.06. The quantitative estimate of drug-likeness (QED) is 0.348. The summed E-state index contributed by atoms with van der Waals surface area (Å²) in [5, 5.41) is 18.8. The third-order valence-electron chi connectivity index (χ3n) is 4.49. The van der Waals surface area contributed by atoms with E-state index in [-0.39, 0.29) is 28.2 Å². The van der Waals surface area contributed by atoms with Gasteiger partial charge in [0, 0.05) is 30.5 Å². The monoisotopic (exact) mass is 476 g/mol. The number of nitrogens with one attached hydrogen (secondary N) is 1. The molecular formula is C18H22F2N4O5S2. The highest BCUT2D eigenvalue weighted by Gasteiger charge is 2.28. The number of halogens is 2. The molecule has 1 saturated heterocycles. The second-order valence-electron chi connectivity index (χ2n) is 6.81. The Balaban J connectivity index is 1.83. The molecule has 1 aliphatic rings. The zero-order chi connectivity index (χ0) is 22.6. The Morgan fingerprint density at radius 3 is 2.71 bits per heavy atom. The molecule has 0 aliphatic carbocycles. The van der Waals surface area contributed by atoms with Crippen molar-refractivity contribution >= 4 is 27.8 Å². The van der Waals surface area contributed by atoms with Gasteiger partial charge in [0.05, 0.1) is 6.61 Å². The number of benzene rings is 1. The van der Waals surface area contributed by atoms with Crippen molar-refractivity contribution in [2.24, 2.45) is 0 Å². The molecule has 1 aromatic carbocycles. The number of aliphatic hydroxyl groups excluding tert-OH is 2. The Kier molecular flexibility index (Phi) is 7.64. The number of hydrogen-bond acceptors (Lipinski definition) is 8. The van der Waals surface area contributed by atoms with Crippen molar-refractivity contribution in [3.63, 3.8) is 0 Å². The number of rotatable bonds is 10. The van der Waals surface area contributed by atoms with E-state index in [1.54, 1.807) is 0 Å². The number of ether oxygens (including phenoxy) is 1. The van der Waals surface area contributed by atoms with Gasteiger partial charge < -0.3 is 14.9 Å². The van der Waals surface area contributed by atoms with Gasteiger partial charge in [-0.3, -0.25) is 4.72 Å². The molecule has 31 heavy (non-hydrogen) atoms. The fourth-order valence-electron chi connectivity index (χ4n) is 2.52. The molecule has 0 saturated carbocycles. The van der Waals surface area contributed by atoms with E-state index in [2.05, 4.69) is 14.7 Å². The predicted molar refractivity (Wildman–Crippen MR) is 110 cm³/mol. The summed E-state index contributed by atoms with van der Waals surface area (Å²) in [6.07, 6.45) is -1.28. The zero-order valence-electron chi connectivity index (χ0n) is 16.5. The maximum absolute atomic E-state index is 13.9. The van der Waals surface area contributed by atoms with Crippen molar-refractivity contribution in [2.45, 2.75) is 36.5 Å². The Morgan fingerprint density at radius 1 is 1.32 bits per heavy atom. The van der Waals surface area contributed by atoms with Crippen LogP contribution in [0.2, 0.25) is 0 Å². The molecule has 1 aromatic heterocycles. The minimum atomic E-state index is -3.81. The minimum Gasteiger partial charge on any atom is -0.472 e. The van der Waals surface area contributed by atoms with Gasteiger partial charge in [-0.1, -0.05) is 23.9 Å². The normalized spacial score (nSPS) is 16.4. The van der Waals surface area contributed by atoms with Gasteiger partial charge in [0.25, 0.3) is 0 Å². The maximum atomic E-state index is 13.9. The highest BCUT2D eigenvalue weighted by Crippen LogP contribution is 2.27. The number of anilines is 1. The molecule has 0 unspecified atom stereocenters. The van der Waals surface area contributed by atoms with Crippen LogP contribution in [0.25, 0.3) is 0 Å². The van der Waals surface area contributed by atoms with E-state index in [1.165, 1.54) is 29.4 Å². The lowest BCUT2D eigenvalue weighted by atomic mass is 10.2. The van der Waals surface area contributed by atoms with E-state index >= 15 is 0 Å². The SMILES string of the molecule is C[C@H](Oc1cc(NS(=O)(=O)N2CCC2)nc(SCc2cccc(F)c2F)n1)[C@@H](O)CO. The van der Waals surface area contributed by atoms with Gasteiger partial charge in [-0.2, -0.15) is 17.7 Å². The van der Waals surface area contributed by atoms with Gasteiger partial charge in [-0.25, -0.2) is 13.8 Å². The van der Waals surface area contributed by atoms with Crippen LogP contribution in [0.1, 0.15) is 18.9 Å². The number of aromatic nitrogens is 2. The van der Waals surface area contributed by atoms with Crippen molar-refractivity contribution in [3.8, 4) is 5.88 Å². The highest BCUT2D eigenvalue weighted by atomic mass is 32.2. The van der Waals surface area contributed by atoms with Crippen LogP contribution in [0.5, 0.6) is 5.88 Å². The van der Waals surface area contributed by atoms with Crippen LogP contribution in [0.3, 0.4) is 0 Å². The lowest BCUT2D eigenvalue weighted by molar-refractivity contribution is 0.00599. The third-order valence-corrected chi connectivity index (χ3v) is 6.90. The first-order chi connectivity index (χ1) is 14.7. The van der Waals surface area contributed by atoms with Crippen LogP contribution in [-0.4, -0.2) is 64.8 Å². The molecule has 3 rings (SSSR count). The molecule has 2 atom stereocenters. The van der Waals surface area contributed by atoms with Crippen LogP contribution in [0.15, 0.2) is 29.4 Å². The van der Waals surface area contributed by atoms with Gasteiger partial charge in [0.1, 0.15) is 18.0 Å². The molecule has 13 heteroatoms. The number of hydrogen-bond donors (Lipinski definition) is 3. The standard InChI is InChI=1S/C18H22F2N4O5S2/c1-11(14(26)9-25)29-16-8-15(23-31(27,28)24-6-3-7-24)21-18(22-16)30-10-12-4-2-5-13(19)17(12)20/h2,4-5,8,11,14,25-26H,3,6-7,9-10H2,1H3,(H,21,22,23)/t11-,14-/m0/s1. The largest absolute Gasteiger partial charge is 0.472 e. The fourth-order valence-corrected chi connectivity index (χ4v) is 4.59. The van der Waals surface area contributed by atoms with Crippen LogP contribution in [-0.2, 0) is 16.0 Å². The van der Waals surface area contributed by atoms with Crippen molar-refractivity contribution in [2.75, 3.05) is 24.4 Å². The van der Waals surface area contributed by atoms with Crippen molar-refractivity contribution < 1.29 is 32.1 Å². The van der Waals surface area contributed by atoms with E-state index in [4.69, 9.17) is 9.84 Å². The number of thioether (sulfide) groups is 1. The lowest BCUT2D eigenvalue weighted by Crippen LogP contribution is -2.45. The van der Waals surface area contributed by atoms with E-state index in [0.717, 1.165) is 24.2 Å². The fraction of sp³-hybridized carbons (Fsp3) is 0.444. The minimum absolute atomic E-state index is 0.0137. The lowest BCUT2D eigenvalue weighted by Gasteiger charge is -2.29. The first-order valence-electron chi connectivity index (χ1n) is 9.38. The zero-order valence-corrected chi connectivity index (χ0v) is 18.2.